The van der Waals surface area contributed by atoms with Gasteiger partial charge in [-0.2, -0.15) is 0 Å². The van der Waals surface area contributed by atoms with E-state index in [0.717, 1.165) is 33.2 Å². The van der Waals surface area contributed by atoms with Crippen molar-refractivity contribution < 1.29 is 14.6 Å². The first kappa shape index (κ1) is 16.3. The predicted molar refractivity (Wildman–Crippen MR) is 94.4 cm³/mol. The highest BCUT2D eigenvalue weighted by molar-refractivity contribution is 7.13. The number of nitrogens with one attached hydrogen (secondary N) is 1. The molecule has 6 heteroatoms. The number of nitrogens with zero attached hydrogens (tertiary/aromatic N) is 1. The van der Waals surface area contributed by atoms with E-state index in [0.29, 0.717) is 12.2 Å². The third kappa shape index (κ3) is 2.92. The van der Waals surface area contributed by atoms with Crippen molar-refractivity contribution in [3.8, 4) is 27.7 Å². The fraction of sp³-hybridized carbons (Fsp3) is 0.222. The number of rotatable bonds is 4. The van der Waals surface area contributed by atoms with E-state index in [9.17, 15) is 9.90 Å². The number of aromatic amines is 1. The summed E-state index contributed by atoms with van der Waals surface area (Å²) < 4.78 is 5.12. The van der Waals surface area contributed by atoms with Crippen LogP contribution in [0.2, 0.25) is 0 Å². The number of aryl methyl sites for hydroxylation is 1. The molecule has 0 radical (unpaired) electrons. The number of aromatic hydroxyl groups is 1. The monoisotopic (exact) mass is 342 g/mol. The Labute approximate surface area is 144 Å². The van der Waals surface area contributed by atoms with Gasteiger partial charge in [-0.05, 0) is 50.6 Å². The zero-order chi connectivity index (χ0) is 17.3. The minimum atomic E-state index is -0.316. The average molecular weight is 342 g/mol. The van der Waals surface area contributed by atoms with Crippen molar-refractivity contribution >= 4 is 17.3 Å². The number of ether oxygens (including phenoxy) is 1. The van der Waals surface area contributed by atoms with Gasteiger partial charge in [0.05, 0.1) is 23.6 Å². The molecule has 0 spiro atoms. The highest BCUT2D eigenvalue weighted by Gasteiger charge is 2.21. The lowest BCUT2D eigenvalue weighted by atomic mass is 10.1. The molecule has 0 fully saturated rings. The lowest BCUT2D eigenvalue weighted by Crippen LogP contribution is -2.06. The molecule has 0 unspecified atom stereocenters. The second-order valence-electron chi connectivity index (χ2n) is 5.43. The topological polar surface area (TPSA) is 75.2 Å². The minimum Gasteiger partial charge on any atom is -0.508 e. The summed E-state index contributed by atoms with van der Waals surface area (Å²) in [4.78, 5) is 20.0. The van der Waals surface area contributed by atoms with Gasteiger partial charge in [0.2, 0.25) is 0 Å². The molecule has 2 N–H and O–H groups in total. The molecule has 2 aromatic heterocycles. The van der Waals surface area contributed by atoms with Gasteiger partial charge in [-0.15, -0.1) is 11.3 Å². The maximum Gasteiger partial charge on any atom is 0.340 e. The van der Waals surface area contributed by atoms with E-state index < -0.39 is 0 Å². The second-order valence-corrected chi connectivity index (χ2v) is 6.29. The van der Waals surface area contributed by atoms with Crippen LogP contribution in [0.25, 0.3) is 22.0 Å². The number of esters is 1. The Bertz CT molecular complexity index is 878. The van der Waals surface area contributed by atoms with Gasteiger partial charge in [0.25, 0.3) is 0 Å². The summed E-state index contributed by atoms with van der Waals surface area (Å²) in [5.41, 5.74) is 4.76. The van der Waals surface area contributed by atoms with Crippen molar-refractivity contribution in [2.75, 3.05) is 6.61 Å². The third-order valence-electron chi connectivity index (χ3n) is 3.79. The first-order valence-corrected chi connectivity index (χ1v) is 8.50. The Morgan fingerprint density at radius 2 is 2.00 bits per heavy atom. The highest BCUT2D eigenvalue weighted by Crippen LogP contribution is 2.32. The molecule has 3 rings (SSSR count). The van der Waals surface area contributed by atoms with Crippen LogP contribution in [0, 0.1) is 13.8 Å². The van der Waals surface area contributed by atoms with Crippen LogP contribution in [0.1, 0.15) is 28.5 Å². The van der Waals surface area contributed by atoms with E-state index in [2.05, 4.69) is 9.97 Å². The summed E-state index contributed by atoms with van der Waals surface area (Å²) in [5, 5.41) is 12.2. The molecule has 124 valence electrons. The first-order chi connectivity index (χ1) is 11.5. The second kappa shape index (κ2) is 6.49. The van der Waals surface area contributed by atoms with Crippen molar-refractivity contribution in [2.24, 2.45) is 0 Å². The van der Waals surface area contributed by atoms with Crippen LogP contribution in [0.5, 0.6) is 5.75 Å². The molecule has 0 amide bonds. The molecule has 0 aliphatic heterocycles. The lowest BCUT2D eigenvalue weighted by Gasteiger charge is -2.02. The maximum atomic E-state index is 12.1. The number of carbonyl (C=O) groups is 1. The third-order valence-corrected chi connectivity index (χ3v) is 4.68. The van der Waals surface area contributed by atoms with Crippen molar-refractivity contribution in [1.82, 2.24) is 9.97 Å². The number of phenols is 1. The molecular weight excluding hydrogens is 324 g/mol. The minimum absolute atomic E-state index is 0.227. The Morgan fingerprint density at radius 3 is 2.67 bits per heavy atom. The van der Waals surface area contributed by atoms with E-state index in [1.165, 1.54) is 11.3 Å². The Balaban J connectivity index is 1.97. The smallest absolute Gasteiger partial charge is 0.340 e. The quantitative estimate of drug-likeness (QED) is 0.693. The molecule has 2 heterocycles. The van der Waals surface area contributed by atoms with Crippen LogP contribution in [0.15, 0.2) is 29.6 Å². The summed E-state index contributed by atoms with van der Waals surface area (Å²) in [6.45, 7) is 5.89. The number of phenolic OH excluding ortho intramolecular Hbond substituents is 1. The number of aromatic nitrogens is 2. The van der Waals surface area contributed by atoms with Gasteiger partial charge in [-0.25, -0.2) is 9.78 Å². The van der Waals surface area contributed by atoms with Gasteiger partial charge in [-0.3, -0.25) is 0 Å². The number of hydrogen-bond donors (Lipinski definition) is 2. The first-order valence-electron chi connectivity index (χ1n) is 7.62. The molecule has 0 atom stereocenters. The molecule has 0 bridgehead atoms. The Morgan fingerprint density at radius 1 is 1.29 bits per heavy atom. The zero-order valence-electron chi connectivity index (χ0n) is 13.7. The lowest BCUT2D eigenvalue weighted by molar-refractivity contribution is 0.0525. The van der Waals surface area contributed by atoms with Crippen LogP contribution >= 0.6 is 11.3 Å². The number of H-pyrrole nitrogens is 1. The SMILES string of the molecule is CCOC(=O)c1c(C)[nH]c(-c2csc(-c3ccc(O)cc3)n2)c1C. The number of carbonyl (C=O) groups excluding carboxylic acids is 1. The van der Waals surface area contributed by atoms with Gasteiger partial charge in [-0.1, -0.05) is 0 Å². The summed E-state index contributed by atoms with van der Waals surface area (Å²) >= 11 is 1.52. The number of thiazole rings is 1. The zero-order valence-corrected chi connectivity index (χ0v) is 14.5. The average Bonchev–Trinajstić information content (AvgIpc) is 3.13. The summed E-state index contributed by atoms with van der Waals surface area (Å²) in [6, 6.07) is 6.93. The van der Waals surface area contributed by atoms with Crippen molar-refractivity contribution in [3.05, 3.63) is 46.5 Å². The Hall–Kier alpha value is -2.60. The fourth-order valence-electron chi connectivity index (χ4n) is 2.64. The largest absolute Gasteiger partial charge is 0.508 e. The van der Waals surface area contributed by atoms with E-state index in [-0.39, 0.29) is 11.7 Å². The molecule has 24 heavy (non-hydrogen) atoms. The molecule has 5 nitrogen and oxygen atoms in total. The van der Waals surface area contributed by atoms with E-state index in [4.69, 9.17) is 4.74 Å². The molecule has 0 aliphatic rings. The van der Waals surface area contributed by atoms with E-state index >= 15 is 0 Å². The molecular formula is C18H18N2O3S. The molecule has 1 aromatic carbocycles. The van der Waals surface area contributed by atoms with Crippen molar-refractivity contribution in [1.29, 1.82) is 0 Å². The van der Waals surface area contributed by atoms with Gasteiger partial charge in [0.15, 0.2) is 0 Å². The summed E-state index contributed by atoms with van der Waals surface area (Å²) in [5.74, 6) is -0.0885. The molecule has 0 saturated carbocycles. The van der Waals surface area contributed by atoms with E-state index in [1.807, 2.05) is 31.4 Å². The van der Waals surface area contributed by atoms with Crippen LogP contribution < -0.4 is 0 Å². The normalized spacial score (nSPS) is 10.8. The molecule has 0 saturated heterocycles. The molecule has 3 aromatic rings. The summed E-state index contributed by atoms with van der Waals surface area (Å²) in [6.07, 6.45) is 0. The van der Waals surface area contributed by atoms with Crippen LogP contribution in [0.4, 0.5) is 0 Å². The summed E-state index contributed by atoms with van der Waals surface area (Å²) in [7, 11) is 0. The number of hydrogen-bond acceptors (Lipinski definition) is 5. The van der Waals surface area contributed by atoms with Crippen molar-refractivity contribution in [3.63, 3.8) is 0 Å². The highest BCUT2D eigenvalue weighted by atomic mass is 32.1. The molecule has 0 aliphatic carbocycles. The van der Waals surface area contributed by atoms with Crippen LogP contribution in [0.3, 0.4) is 0 Å². The fourth-order valence-corrected chi connectivity index (χ4v) is 3.46. The van der Waals surface area contributed by atoms with Gasteiger partial charge in [0, 0.05) is 16.6 Å². The predicted octanol–water partition coefficient (Wildman–Crippen LogP) is 4.30. The van der Waals surface area contributed by atoms with E-state index in [1.54, 1.807) is 19.1 Å². The Kier molecular flexibility index (Phi) is 4.40. The number of benzene rings is 1. The van der Waals surface area contributed by atoms with Crippen molar-refractivity contribution in [2.45, 2.75) is 20.8 Å². The van der Waals surface area contributed by atoms with Gasteiger partial charge in [0.1, 0.15) is 10.8 Å². The van der Waals surface area contributed by atoms with Crippen LogP contribution in [-0.2, 0) is 4.74 Å². The van der Waals surface area contributed by atoms with Gasteiger partial charge < -0.3 is 14.8 Å². The van der Waals surface area contributed by atoms with Gasteiger partial charge >= 0.3 is 5.97 Å². The van der Waals surface area contributed by atoms with Crippen LogP contribution in [-0.4, -0.2) is 27.7 Å². The maximum absolute atomic E-state index is 12.1. The standard InChI is InChI=1S/C18H18N2O3S/c1-4-23-18(22)15-10(2)16(19-11(15)3)14-9-24-17(20-14)12-5-7-13(21)8-6-12/h5-9,19,21H,4H2,1-3H3.